The van der Waals surface area contributed by atoms with Crippen molar-refractivity contribution in [1.29, 1.82) is 0 Å². The summed E-state index contributed by atoms with van der Waals surface area (Å²) in [5.41, 5.74) is 3.67. The van der Waals surface area contributed by atoms with Gasteiger partial charge in [-0.2, -0.15) is 5.10 Å². The van der Waals surface area contributed by atoms with Crippen LogP contribution in [0.3, 0.4) is 0 Å². The summed E-state index contributed by atoms with van der Waals surface area (Å²) in [6.07, 6.45) is 2.20. The number of hydrogen-bond donors (Lipinski definition) is 2. The molecule has 2 aromatic carbocycles. The Labute approximate surface area is 179 Å². The van der Waals surface area contributed by atoms with Gasteiger partial charge in [-0.15, -0.1) is 0 Å². The van der Waals surface area contributed by atoms with Crippen molar-refractivity contribution < 1.29 is 19.1 Å². The number of hydrazone groups is 1. The van der Waals surface area contributed by atoms with Gasteiger partial charge in [0.1, 0.15) is 11.5 Å². The zero-order chi connectivity index (χ0) is 21.2. The van der Waals surface area contributed by atoms with Crippen molar-refractivity contribution in [2.75, 3.05) is 19.5 Å². The van der Waals surface area contributed by atoms with E-state index in [9.17, 15) is 9.59 Å². The highest BCUT2D eigenvalue weighted by molar-refractivity contribution is 6.42. The summed E-state index contributed by atoms with van der Waals surface area (Å²) >= 11 is 11.7. The maximum absolute atomic E-state index is 11.9. The molecule has 2 rings (SSSR count). The maximum Gasteiger partial charge on any atom is 0.240 e. The molecule has 29 heavy (non-hydrogen) atoms. The van der Waals surface area contributed by atoms with Gasteiger partial charge in [0.25, 0.3) is 0 Å². The predicted octanol–water partition coefficient (Wildman–Crippen LogP) is 4.27. The highest BCUT2D eigenvalue weighted by atomic mass is 35.5. The molecule has 0 aliphatic heterocycles. The van der Waals surface area contributed by atoms with E-state index < -0.39 is 0 Å². The molecule has 9 heteroatoms. The van der Waals surface area contributed by atoms with Gasteiger partial charge < -0.3 is 14.8 Å². The second-order valence-electron chi connectivity index (χ2n) is 5.93. The van der Waals surface area contributed by atoms with Crippen molar-refractivity contribution in [3.63, 3.8) is 0 Å². The molecule has 2 aromatic rings. The van der Waals surface area contributed by atoms with Crippen molar-refractivity contribution in [3.05, 3.63) is 52.0 Å². The number of amides is 2. The summed E-state index contributed by atoms with van der Waals surface area (Å²) in [6, 6.07) is 10.1. The lowest BCUT2D eigenvalue weighted by Crippen LogP contribution is -2.18. The van der Waals surface area contributed by atoms with Gasteiger partial charge in [-0.05, 0) is 36.8 Å². The van der Waals surface area contributed by atoms with Crippen LogP contribution in [0.1, 0.15) is 24.8 Å². The second-order valence-corrected chi connectivity index (χ2v) is 6.75. The van der Waals surface area contributed by atoms with Gasteiger partial charge in [-0.3, -0.25) is 9.59 Å². The van der Waals surface area contributed by atoms with Crippen LogP contribution in [0.25, 0.3) is 0 Å². The molecule has 0 heterocycles. The maximum atomic E-state index is 11.9. The summed E-state index contributed by atoms with van der Waals surface area (Å²) in [5, 5.41) is 7.39. The fraction of sp³-hybridized carbons (Fsp3) is 0.250. The van der Waals surface area contributed by atoms with Crippen molar-refractivity contribution in [3.8, 4) is 11.5 Å². The zero-order valence-electron chi connectivity index (χ0n) is 16.0. The number of nitrogens with one attached hydrogen (secondary N) is 2. The van der Waals surface area contributed by atoms with E-state index in [0.717, 1.165) is 0 Å². The normalized spacial score (nSPS) is 10.6. The minimum Gasteiger partial charge on any atom is -0.497 e. The van der Waals surface area contributed by atoms with Crippen molar-refractivity contribution in [2.24, 2.45) is 5.10 Å². The van der Waals surface area contributed by atoms with Gasteiger partial charge in [0.15, 0.2) is 0 Å². The van der Waals surface area contributed by atoms with Crippen LogP contribution in [0, 0.1) is 0 Å². The first-order chi connectivity index (χ1) is 13.9. The molecule has 7 nitrogen and oxygen atoms in total. The van der Waals surface area contributed by atoms with E-state index in [1.165, 1.54) is 13.3 Å². The van der Waals surface area contributed by atoms with Crippen LogP contribution in [0.4, 0.5) is 5.69 Å². The topological polar surface area (TPSA) is 89.0 Å². The summed E-state index contributed by atoms with van der Waals surface area (Å²) < 4.78 is 10.4. The Kier molecular flexibility index (Phi) is 8.76. The molecule has 0 saturated carbocycles. The average molecular weight is 438 g/mol. The largest absolute Gasteiger partial charge is 0.497 e. The smallest absolute Gasteiger partial charge is 0.240 e. The van der Waals surface area contributed by atoms with Crippen LogP contribution in [0.5, 0.6) is 11.5 Å². The number of benzene rings is 2. The van der Waals surface area contributed by atoms with Crippen LogP contribution in [-0.2, 0) is 9.59 Å². The number of anilines is 1. The second kappa shape index (κ2) is 11.3. The Morgan fingerprint density at radius 2 is 1.76 bits per heavy atom. The van der Waals surface area contributed by atoms with Crippen LogP contribution in [0.15, 0.2) is 41.5 Å². The average Bonchev–Trinajstić information content (AvgIpc) is 2.71. The van der Waals surface area contributed by atoms with E-state index in [0.29, 0.717) is 39.2 Å². The van der Waals surface area contributed by atoms with E-state index in [1.807, 2.05) is 0 Å². The summed E-state index contributed by atoms with van der Waals surface area (Å²) in [7, 11) is 3.10. The molecular formula is C20H21Cl2N3O4. The Balaban J connectivity index is 1.75. The number of carbonyl (C=O) groups is 2. The number of carbonyl (C=O) groups excluding carboxylic acids is 2. The Hall–Kier alpha value is -2.77. The molecule has 0 aliphatic carbocycles. The third-order valence-electron chi connectivity index (χ3n) is 3.84. The number of halogens is 2. The SMILES string of the molecule is COc1ccc(/C=N\NC(=O)CCCC(=O)Nc2ccc(Cl)c(Cl)c2)c(OC)c1. The quantitative estimate of drug-likeness (QED) is 0.452. The first-order valence-corrected chi connectivity index (χ1v) is 9.47. The molecule has 2 N–H and O–H groups in total. The van der Waals surface area contributed by atoms with Gasteiger partial charge in [-0.25, -0.2) is 5.43 Å². The molecule has 154 valence electrons. The molecule has 0 spiro atoms. The summed E-state index contributed by atoms with van der Waals surface area (Å²) in [6.45, 7) is 0. The van der Waals surface area contributed by atoms with E-state index in [1.54, 1.807) is 43.5 Å². The number of nitrogens with zero attached hydrogens (tertiary/aromatic N) is 1. The van der Waals surface area contributed by atoms with Gasteiger partial charge in [0, 0.05) is 30.2 Å². The van der Waals surface area contributed by atoms with Crippen LogP contribution >= 0.6 is 23.2 Å². The van der Waals surface area contributed by atoms with Crippen molar-refractivity contribution >= 4 is 46.9 Å². The minimum absolute atomic E-state index is 0.159. The van der Waals surface area contributed by atoms with E-state index >= 15 is 0 Å². The number of methoxy groups -OCH3 is 2. The van der Waals surface area contributed by atoms with E-state index in [2.05, 4.69) is 15.8 Å². The molecule has 0 fully saturated rings. The Morgan fingerprint density at radius 1 is 1.00 bits per heavy atom. The monoisotopic (exact) mass is 437 g/mol. The summed E-state index contributed by atoms with van der Waals surface area (Å²) in [4.78, 5) is 23.8. The first-order valence-electron chi connectivity index (χ1n) is 8.71. The molecular weight excluding hydrogens is 417 g/mol. The molecule has 0 saturated heterocycles. The van der Waals surface area contributed by atoms with Gasteiger partial charge in [-0.1, -0.05) is 23.2 Å². The first kappa shape index (κ1) is 22.5. The number of hydrogen-bond acceptors (Lipinski definition) is 5. The van der Waals surface area contributed by atoms with Crippen molar-refractivity contribution in [1.82, 2.24) is 5.43 Å². The third kappa shape index (κ3) is 7.29. The molecule has 0 radical (unpaired) electrons. The van der Waals surface area contributed by atoms with Gasteiger partial charge >= 0.3 is 0 Å². The molecule has 2 amide bonds. The lowest BCUT2D eigenvalue weighted by Gasteiger charge is -2.07. The molecule has 0 atom stereocenters. The van der Waals surface area contributed by atoms with Crippen molar-refractivity contribution in [2.45, 2.75) is 19.3 Å². The minimum atomic E-state index is -0.295. The van der Waals surface area contributed by atoms with Crippen LogP contribution in [0.2, 0.25) is 10.0 Å². The standard InChI is InChI=1S/C20H21Cl2N3O4/c1-28-15-8-6-13(18(11-15)29-2)12-23-25-20(27)5-3-4-19(26)24-14-7-9-16(21)17(22)10-14/h6-12H,3-5H2,1-2H3,(H,24,26)(H,25,27)/b23-12-. The molecule has 0 aromatic heterocycles. The summed E-state index contributed by atoms with van der Waals surface area (Å²) in [5.74, 6) is 0.710. The van der Waals surface area contributed by atoms with E-state index in [-0.39, 0.29) is 24.7 Å². The lowest BCUT2D eigenvalue weighted by molar-refractivity contribution is -0.121. The Bertz CT molecular complexity index is 903. The zero-order valence-corrected chi connectivity index (χ0v) is 17.5. The molecule has 0 unspecified atom stereocenters. The highest BCUT2D eigenvalue weighted by Gasteiger charge is 2.07. The number of rotatable bonds is 9. The van der Waals surface area contributed by atoms with Crippen LogP contribution in [-0.4, -0.2) is 32.2 Å². The fourth-order valence-corrected chi connectivity index (χ4v) is 2.66. The van der Waals surface area contributed by atoms with Gasteiger partial charge in [0.2, 0.25) is 11.8 Å². The Morgan fingerprint density at radius 3 is 2.45 bits per heavy atom. The highest BCUT2D eigenvalue weighted by Crippen LogP contribution is 2.25. The molecule has 0 bridgehead atoms. The molecule has 0 aliphatic rings. The fourth-order valence-electron chi connectivity index (χ4n) is 2.36. The number of ether oxygens (including phenoxy) is 2. The van der Waals surface area contributed by atoms with E-state index in [4.69, 9.17) is 32.7 Å². The third-order valence-corrected chi connectivity index (χ3v) is 4.58. The lowest BCUT2D eigenvalue weighted by atomic mass is 10.2. The van der Waals surface area contributed by atoms with Gasteiger partial charge in [0.05, 0.1) is 30.5 Å². The predicted molar refractivity (Wildman–Crippen MR) is 114 cm³/mol. The van der Waals surface area contributed by atoms with Crippen LogP contribution < -0.4 is 20.2 Å².